The Balaban J connectivity index is 0.971. The van der Waals surface area contributed by atoms with E-state index >= 15 is 0 Å². The van der Waals surface area contributed by atoms with Gasteiger partial charge in [-0.3, -0.25) is 0 Å². The number of fused-ring (bicyclic) bond motifs is 6. The third-order valence-corrected chi connectivity index (χ3v) is 18.7. The lowest BCUT2D eigenvalue weighted by molar-refractivity contribution is 1.06. The number of hydrogen-bond donors (Lipinski definition) is 0. The van der Waals surface area contributed by atoms with Crippen molar-refractivity contribution in [2.24, 2.45) is 0 Å². The summed E-state index contributed by atoms with van der Waals surface area (Å²) in [6.07, 6.45) is 0. The largest absolute Gasteiger partial charge is 0.308 e. The van der Waals surface area contributed by atoms with Crippen molar-refractivity contribution in [3.63, 3.8) is 0 Å². The van der Waals surface area contributed by atoms with E-state index in [1.54, 1.807) is 0 Å². The number of benzene rings is 14. The normalized spacial score (nSPS) is 11.2. The minimum atomic E-state index is 0.410. The molecular formula is C90H54N8. The van der Waals surface area contributed by atoms with Crippen molar-refractivity contribution in [1.29, 1.82) is 10.5 Å². The first-order valence-electron chi connectivity index (χ1n) is 32.4. The Kier molecular flexibility index (Phi) is 14.5. The molecule has 0 aliphatic heterocycles. The molecule has 0 fully saturated rings. The second-order valence-corrected chi connectivity index (χ2v) is 24.5. The number of aromatic nitrogens is 5. The maximum absolute atomic E-state index is 10.3. The van der Waals surface area contributed by atoms with Gasteiger partial charge in [0.2, 0.25) is 0 Å². The van der Waals surface area contributed by atoms with Gasteiger partial charge in [0.1, 0.15) is 0 Å². The van der Waals surface area contributed by atoms with Gasteiger partial charge in [-0.25, -0.2) is 19.8 Å². The minimum Gasteiger partial charge on any atom is -0.308 e. The Morgan fingerprint density at radius 2 is 0.571 bits per heavy atom. The first kappa shape index (κ1) is 58.0. The van der Waals surface area contributed by atoms with Gasteiger partial charge in [0.05, 0.1) is 63.3 Å². The highest BCUT2D eigenvalue weighted by Gasteiger charge is 2.25. The van der Waals surface area contributed by atoms with Crippen molar-refractivity contribution in [3.8, 4) is 136 Å². The molecule has 0 bridgehead atoms. The van der Waals surface area contributed by atoms with Gasteiger partial charge in [-0.05, 0) is 187 Å². The molecule has 3 heterocycles. The maximum atomic E-state index is 10.3. The average Bonchev–Trinajstić information content (AvgIpc) is 1.55. The second kappa shape index (κ2) is 24.6. The van der Waals surface area contributed by atoms with E-state index in [0.29, 0.717) is 34.3 Å². The van der Waals surface area contributed by atoms with E-state index in [0.717, 1.165) is 150 Å². The molecule has 0 aliphatic rings. The summed E-state index contributed by atoms with van der Waals surface area (Å²) in [5.41, 5.74) is 23.6. The van der Waals surface area contributed by atoms with Crippen LogP contribution in [0.2, 0.25) is 0 Å². The lowest BCUT2D eigenvalue weighted by atomic mass is 9.98. The van der Waals surface area contributed by atoms with E-state index in [2.05, 4.69) is 245 Å². The average molecular weight is 1250 g/mol. The van der Waals surface area contributed by atoms with Crippen molar-refractivity contribution in [1.82, 2.24) is 24.1 Å². The van der Waals surface area contributed by atoms with E-state index < -0.39 is 0 Å². The van der Waals surface area contributed by atoms with Crippen LogP contribution in [0.15, 0.2) is 328 Å². The van der Waals surface area contributed by atoms with Crippen LogP contribution in [0.4, 0.5) is 5.69 Å². The molecule has 0 amide bonds. The van der Waals surface area contributed by atoms with Gasteiger partial charge >= 0.3 is 0 Å². The third kappa shape index (κ3) is 10.6. The van der Waals surface area contributed by atoms with Crippen LogP contribution in [0.25, 0.3) is 172 Å². The van der Waals surface area contributed by atoms with E-state index in [1.165, 1.54) is 0 Å². The highest BCUT2D eigenvalue weighted by atomic mass is 15.1. The van der Waals surface area contributed by atoms with E-state index in [4.69, 9.17) is 21.5 Å². The second-order valence-electron chi connectivity index (χ2n) is 24.5. The first-order valence-corrected chi connectivity index (χ1v) is 32.4. The third-order valence-electron chi connectivity index (χ3n) is 18.7. The van der Waals surface area contributed by atoms with Crippen LogP contribution in [-0.4, -0.2) is 24.1 Å². The van der Waals surface area contributed by atoms with Crippen LogP contribution in [0.5, 0.6) is 0 Å². The monoisotopic (exact) mass is 1250 g/mol. The summed E-state index contributed by atoms with van der Waals surface area (Å²) in [5, 5.41) is 24.5. The summed E-state index contributed by atoms with van der Waals surface area (Å²) < 4.78 is 4.69. The minimum absolute atomic E-state index is 0.410. The SMILES string of the molecule is [C-]#[N+]c1cccc(-c2ccc(-n3c4ccc(-c5ccccc5)cc4c4cc(-c5ccccc5)ccc43)c(-c3nc(-c4cccc(-c5ccc(C#N)cc5)c4)nc(-c4cc(-c5cccc(C#N)c5)ccc4-n4c5ccc(-c6ccccc6)cc5c5cc(-c6ccccc6)ccc54)n3)c2)c1. The van der Waals surface area contributed by atoms with Crippen LogP contribution in [0.1, 0.15) is 11.1 Å². The molecule has 0 saturated heterocycles. The molecule has 8 heteroatoms. The van der Waals surface area contributed by atoms with Gasteiger partial charge in [-0.15, -0.1) is 0 Å². The number of hydrogen-bond acceptors (Lipinski definition) is 5. The summed E-state index contributed by atoms with van der Waals surface area (Å²) in [6, 6.07) is 118. The summed E-state index contributed by atoms with van der Waals surface area (Å²) in [7, 11) is 0. The number of nitrogens with zero attached hydrogens (tertiary/aromatic N) is 8. The van der Waals surface area contributed by atoms with Gasteiger partial charge in [0.15, 0.2) is 23.2 Å². The molecule has 17 aromatic rings. The predicted octanol–water partition coefficient (Wildman–Crippen LogP) is 23.0. The van der Waals surface area contributed by atoms with Crippen molar-refractivity contribution in [3.05, 3.63) is 350 Å². The molecule has 0 radical (unpaired) electrons. The fourth-order valence-electron chi connectivity index (χ4n) is 13.8. The van der Waals surface area contributed by atoms with E-state index in [1.807, 2.05) is 109 Å². The Morgan fingerprint density at radius 1 is 0.255 bits per heavy atom. The van der Waals surface area contributed by atoms with Crippen LogP contribution in [0, 0.1) is 29.2 Å². The quantitative estimate of drug-likeness (QED) is 0.113. The van der Waals surface area contributed by atoms with Gasteiger partial charge < -0.3 is 9.13 Å². The molecule has 3 aromatic heterocycles. The van der Waals surface area contributed by atoms with Crippen LogP contribution >= 0.6 is 0 Å². The number of nitriles is 2. The molecule has 8 nitrogen and oxygen atoms in total. The summed E-state index contributed by atoms with van der Waals surface area (Å²) in [6.45, 7) is 8.11. The Morgan fingerprint density at radius 3 is 0.990 bits per heavy atom. The molecule has 0 saturated carbocycles. The van der Waals surface area contributed by atoms with Crippen LogP contribution in [0.3, 0.4) is 0 Å². The fourth-order valence-corrected chi connectivity index (χ4v) is 13.8. The Labute approximate surface area is 566 Å². The molecule has 98 heavy (non-hydrogen) atoms. The Bertz CT molecular complexity index is 5610. The fraction of sp³-hybridized carbons (Fsp3) is 0. The zero-order valence-electron chi connectivity index (χ0n) is 52.8. The summed E-state index contributed by atoms with van der Waals surface area (Å²) >= 11 is 0. The van der Waals surface area contributed by atoms with Crippen molar-refractivity contribution in [2.75, 3.05) is 0 Å². The molecule has 14 aromatic carbocycles. The molecule has 0 unspecified atom stereocenters. The van der Waals surface area contributed by atoms with Crippen LogP contribution < -0.4 is 0 Å². The summed E-state index contributed by atoms with van der Waals surface area (Å²) in [4.78, 5) is 21.0. The molecule has 17 rings (SSSR count). The van der Waals surface area contributed by atoms with Gasteiger partial charge in [0.25, 0.3) is 0 Å². The molecule has 454 valence electrons. The zero-order valence-corrected chi connectivity index (χ0v) is 52.8. The van der Waals surface area contributed by atoms with Gasteiger partial charge in [-0.2, -0.15) is 10.5 Å². The molecule has 0 N–H and O–H groups in total. The van der Waals surface area contributed by atoms with Gasteiger partial charge in [0, 0.05) is 38.2 Å². The van der Waals surface area contributed by atoms with E-state index in [-0.39, 0.29) is 0 Å². The molecule has 0 aliphatic carbocycles. The van der Waals surface area contributed by atoms with Gasteiger partial charge in [-0.1, -0.05) is 218 Å². The first-order chi connectivity index (χ1) is 48.4. The van der Waals surface area contributed by atoms with Crippen molar-refractivity contribution in [2.45, 2.75) is 0 Å². The Hall–Kier alpha value is -13.8. The number of rotatable bonds is 12. The van der Waals surface area contributed by atoms with E-state index in [9.17, 15) is 10.5 Å². The topological polar surface area (TPSA) is 100 Å². The molecule has 0 spiro atoms. The molecular weight excluding hydrogens is 1190 g/mol. The smallest absolute Gasteiger partial charge is 0.187 e. The van der Waals surface area contributed by atoms with Crippen molar-refractivity contribution < 1.29 is 0 Å². The predicted molar refractivity (Wildman–Crippen MR) is 399 cm³/mol. The zero-order chi connectivity index (χ0) is 65.6. The highest BCUT2D eigenvalue weighted by Crippen LogP contribution is 2.45. The highest BCUT2D eigenvalue weighted by molar-refractivity contribution is 6.14. The maximum Gasteiger partial charge on any atom is 0.187 e. The lowest BCUT2D eigenvalue weighted by Gasteiger charge is -2.18. The standard InChI is InChI=1S/C90H54N8/c1-93-75-30-16-28-67(49-75)73-40-46-87(98-84-43-37-70(62-22-10-4-11-23-62)52-78(84)79-53-71(38-44-85(79)98)63-24-12-5-13-25-63)81(55-73)90-95-88(74-29-15-27-66(48-74)64-33-31-58(56-91)32-34-64)94-89(96-90)80-54-72(65-26-14-17-59(47-65)57-92)39-45-86(80)97-82-41-35-68(60-18-6-2-7-19-60)50-76(82)77-51-69(36-42-83(77)97)61-20-8-3-9-21-61/h2-55H. The molecule has 0 atom stereocenters. The summed E-state index contributed by atoms with van der Waals surface area (Å²) in [5.74, 6) is 1.25. The lowest BCUT2D eigenvalue weighted by Crippen LogP contribution is -2.06. The van der Waals surface area contributed by atoms with Crippen molar-refractivity contribution >= 4 is 49.3 Å². The van der Waals surface area contributed by atoms with Crippen LogP contribution in [-0.2, 0) is 0 Å².